The number of ether oxygens (including phenoxy) is 1. The average Bonchev–Trinajstić information content (AvgIpc) is 3.04. The zero-order chi connectivity index (χ0) is 17.8. The molecule has 0 unspecified atom stereocenters. The van der Waals surface area contributed by atoms with Crippen molar-refractivity contribution in [3.63, 3.8) is 0 Å². The van der Waals surface area contributed by atoms with Crippen LogP contribution in [0.5, 0.6) is 0 Å². The zero-order valence-corrected chi connectivity index (χ0v) is 14.2. The number of anilines is 1. The van der Waals surface area contributed by atoms with Crippen LogP contribution in [0.1, 0.15) is 17.3 Å². The highest BCUT2D eigenvalue weighted by Gasteiger charge is 2.13. The molecule has 0 radical (unpaired) electrons. The summed E-state index contributed by atoms with van der Waals surface area (Å²) in [4.78, 5) is 23.9. The lowest BCUT2D eigenvalue weighted by Crippen LogP contribution is -2.20. The average molecular weight is 359 g/mol. The van der Waals surface area contributed by atoms with Crippen molar-refractivity contribution in [2.24, 2.45) is 0 Å². The van der Waals surface area contributed by atoms with Crippen LogP contribution >= 0.6 is 11.6 Å². The van der Waals surface area contributed by atoms with Crippen LogP contribution in [-0.2, 0) is 16.1 Å². The first kappa shape index (κ1) is 16.9. The Morgan fingerprint density at radius 3 is 2.68 bits per heavy atom. The Morgan fingerprint density at radius 1 is 1.20 bits per heavy atom. The number of carbonyl (C=O) groups is 2. The Kier molecular flexibility index (Phi) is 4.95. The molecule has 2 aromatic carbocycles. The molecule has 1 amide bonds. The summed E-state index contributed by atoms with van der Waals surface area (Å²) in [7, 11) is 0. The van der Waals surface area contributed by atoms with Gasteiger partial charge in [0.1, 0.15) is 5.52 Å². The van der Waals surface area contributed by atoms with Gasteiger partial charge in [-0.25, -0.2) is 9.48 Å². The van der Waals surface area contributed by atoms with Gasteiger partial charge in [-0.05, 0) is 49.4 Å². The molecule has 1 aromatic heterocycles. The van der Waals surface area contributed by atoms with Gasteiger partial charge in [0.25, 0.3) is 5.91 Å². The van der Waals surface area contributed by atoms with E-state index in [9.17, 15) is 9.59 Å². The molecule has 8 heteroatoms. The molecule has 0 saturated heterocycles. The minimum Gasteiger partial charge on any atom is -0.452 e. The Morgan fingerprint density at radius 2 is 1.96 bits per heavy atom. The maximum Gasteiger partial charge on any atom is 0.338 e. The first-order valence-electron chi connectivity index (χ1n) is 7.62. The van der Waals surface area contributed by atoms with E-state index < -0.39 is 11.9 Å². The fourth-order valence-electron chi connectivity index (χ4n) is 2.28. The van der Waals surface area contributed by atoms with Gasteiger partial charge in [-0.1, -0.05) is 16.8 Å². The van der Waals surface area contributed by atoms with Crippen LogP contribution in [0.4, 0.5) is 5.69 Å². The van der Waals surface area contributed by atoms with Crippen molar-refractivity contribution in [2.75, 3.05) is 11.9 Å². The largest absolute Gasteiger partial charge is 0.452 e. The number of benzene rings is 2. The highest BCUT2D eigenvalue weighted by atomic mass is 35.5. The fraction of sp³-hybridized carbons (Fsp3) is 0.176. The number of esters is 1. The van der Waals surface area contributed by atoms with Crippen molar-refractivity contribution in [1.82, 2.24) is 15.0 Å². The van der Waals surface area contributed by atoms with Gasteiger partial charge in [-0.2, -0.15) is 0 Å². The second-order valence-electron chi connectivity index (χ2n) is 5.24. The molecule has 3 aromatic rings. The van der Waals surface area contributed by atoms with Gasteiger partial charge in [0.15, 0.2) is 6.61 Å². The minimum atomic E-state index is -0.598. The lowest BCUT2D eigenvalue weighted by atomic mass is 10.2. The van der Waals surface area contributed by atoms with Gasteiger partial charge in [0.2, 0.25) is 0 Å². The third-order valence-electron chi connectivity index (χ3n) is 3.51. The Balaban J connectivity index is 1.60. The molecule has 0 atom stereocenters. The van der Waals surface area contributed by atoms with Crippen LogP contribution in [0.3, 0.4) is 0 Å². The molecule has 0 saturated carbocycles. The number of hydrogen-bond donors (Lipinski definition) is 1. The highest BCUT2D eigenvalue weighted by Crippen LogP contribution is 2.15. The number of carbonyl (C=O) groups excluding carboxylic acids is 2. The van der Waals surface area contributed by atoms with E-state index >= 15 is 0 Å². The van der Waals surface area contributed by atoms with Crippen molar-refractivity contribution in [3.8, 4) is 0 Å². The van der Waals surface area contributed by atoms with Gasteiger partial charge < -0.3 is 10.1 Å². The van der Waals surface area contributed by atoms with E-state index in [1.165, 1.54) is 0 Å². The number of aryl methyl sites for hydroxylation is 1. The van der Waals surface area contributed by atoms with Gasteiger partial charge >= 0.3 is 5.97 Å². The summed E-state index contributed by atoms with van der Waals surface area (Å²) in [5.74, 6) is -1.03. The van der Waals surface area contributed by atoms with Crippen LogP contribution in [0.15, 0.2) is 42.5 Å². The summed E-state index contributed by atoms with van der Waals surface area (Å²) in [6.45, 7) is 2.25. The Bertz CT molecular complexity index is 921. The van der Waals surface area contributed by atoms with Crippen molar-refractivity contribution >= 4 is 40.2 Å². The summed E-state index contributed by atoms with van der Waals surface area (Å²) in [6.07, 6.45) is 0. The lowest BCUT2D eigenvalue weighted by Gasteiger charge is -2.07. The summed E-state index contributed by atoms with van der Waals surface area (Å²) >= 11 is 5.78. The third kappa shape index (κ3) is 3.95. The predicted molar refractivity (Wildman–Crippen MR) is 93.6 cm³/mol. The molecular weight excluding hydrogens is 344 g/mol. The van der Waals surface area contributed by atoms with Crippen molar-refractivity contribution in [2.45, 2.75) is 13.5 Å². The van der Waals surface area contributed by atoms with E-state index in [0.717, 1.165) is 5.52 Å². The monoisotopic (exact) mass is 358 g/mol. The Hall–Kier alpha value is -2.93. The molecular formula is C17H15ClN4O3. The van der Waals surface area contributed by atoms with Crippen molar-refractivity contribution in [3.05, 3.63) is 53.1 Å². The van der Waals surface area contributed by atoms with Crippen molar-refractivity contribution < 1.29 is 14.3 Å². The standard InChI is InChI=1S/C17H15ClN4O3/c1-2-22-15-8-3-11(9-14(15)20-21-22)17(24)25-10-16(23)19-13-6-4-12(18)5-7-13/h3-9H,2,10H2,1H3,(H,19,23). The lowest BCUT2D eigenvalue weighted by molar-refractivity contribution is -0.119. The van der Waals surface area contributed by atoms with Crippen molar-refractivity contribution in [1.29, 1.82) is 0 Å². The van der Waals surface area contributed by atoms with E-state index in [4.69, 9.17) is 16.3 Å². The number of nitrogens with one attached hydrogen (secondary N) is 1. The number of aromatic nitrogens is 3. The van der Waals surface area contributed by atoms with E-state index in [2.05, 4.69) is 15.6 Å². The molecule has 128 valence electrons. The normalized spacial score (nSPS) is 10.6. The molecule has 0 aliphatic heterocycles. The maximum atomic E-state index is 12.1. The first-order chi connectivity index (χ1) is 12.1. The van der Waals surface area contributed by atoms with E-state index in [-0.39, 0.29) is 6.61 Å². The van der Waals surface area contributed by atoms with Gasteiger partial charge in [0.05, 0.1) is 11.1 Å². The molecule has 1 N–H and O–H groups in total. The second kappa shape index (κ2) is 7.31. The third-order valence-corrected chi connectivity index (χ3v) is 3.76. The van der Waals surface area contributed by atoms with E-state index in [1.807, 2.05) is 6.92 Å². The minimum absolute atomic E-state index is 0.315. The summed E-state index contributed by atoms with van der Waals surface area (Å²) in [6, 6.07) is 11.6. The second-order valence-corrected chi connectivity index (χ2v) is 5.68. The first-order valence-corrected chi connectivity index (χ1v) is 8.00. The summed E-state index contributed by atoms with van der Waals surface area (Å²) in [5.41, 5.74) is 2.32. The van der Waals surface area contributed by atoms with E-state index in [1.54, 1.807) is 47.1 Å². The molecule has 7 nitrogen and oxygen atoms in total. The number of halogens is 1. The molecule has 3 rings (SSSR count). The van der Waals surface area contributed by atoms with Gasteiger partial charge in [-0.3, -0.25) is 4.79 Å². The number of hydrogen-bond acceptors (Lipinski definition) is 5. The van der Waals surface area contributed by atoms with Crippen LogP contribution in [0.25, 0.3) is 11.0 Å². The molecule has 0 bridgehead atoms. The van der Waals surface area contributed by atoms with Crippen LogP contribution in [-0.4, -0.2) is 33.5 Å². The van der Waals surface area contributed by atoms with Crippen LogP contribution < -0.4 is 5.32 Å². The summed E-state index contributed by atoms with van der Waals surface area (Å²) < 4.78 is 6.76. The smallest absolute Gasteiger partial charge is 0.338 e. The topological polar surface area (TPSA) is 86.1 Å². The maximum absolute atomic E-state index is 12.1. The molecule has 0 aliphatic carbocycles. The van der Waals surface area contributed by atoms with Crippen LogP contribution in [0, 0.1) is 0 Å². The molecule has 25 heavy (non-hydrogen) atoms. The van der Waals surface area contributed by atoms with E-state index in [0.29, 0.717) is 28.3 Å². The SMILES string of the molecule is CCn1nnc2cc(C(=O)OCC(=O)Nc3ccc(Cl)cc3)ccc21. The summed E-state index contributed by atoms with van der Waals surface area (Å²) in [5, 5.41) is 11.2. The number of rotatable bonds is 5. The number of fused-ring (bicyclic) bond motifs is 1. The van der Waals surface area contributed by atoms with Crippen LogP contribution in [0.2, 0.25) is 5.02 Å². The van der Waals surface area contributed by atoms with Gasteiger partial charge in [0, 0.05) is 17.3 Å². The Labute approximate surface area is 148 Å². The molecule has 1 heterocycles. The number of nitrogens with zero attached hydrogens (tertiary/aromatic N) is 3. The fourth-order valence-corrected chi connectivity index (χ4v) is 2.40. The number of amides is 1. The zero-order valence-electron chi connectivity index (χ0n) is 13.4. The van der Waals surface area contributed by atoms with Gasteiger partial charge in [-0.15, -0.1) is 5.10 Å². The molecule has 0 spiro atoms. The quantitative estimate of drug-likeness (QED) is 0.709. The molecule has 0 aliphatic rings. The predicted octanol–water partition coefficient (Wildman–Crippen LogP) is 2.90. The molecule has 0 fully saturated rings. The highest BCUT2D eigenvalue weighted by molar-refractivity contribution is 6.30.